The Balaban J connectivity index is 1.34. The molecule has 8 atom stereocenters. The summed E-state index contributed by atoms with van der Waals surface area (Å²) in [5.74, 6) is 0.706. The van der Waals surface area contributed by atoms with E-state index in [4.69, 9.17) is 17.0 Å². The average Bonchev–Trinajstić information content (AvgIpc) is 3.24. The van der Waals surface area contributed by atoms with Crippen LogP contribution in [0.1, 0.15) is 91.9 Å². The van der Waals surface area contributed by atoms with Crippen LogP contribution in [0.5, 0.6) is 0 Å². The Hall–Kier alpha value is -3.39. The summed E-state index contributed by atoms with van der Waals surface area (Å²) in [4.78, 5) is 53.4. The summed E-state index contributed by atoms with van der Waals surface area (Å²) >= 11 is 0. The van der Waals surface area contributed by atoms with Crippen LogP contribution in [0.25, 0.3) is 0 Å². The van der Waals surface area contributed by atoms with Crippen LogP contribution < -0.4 is 16.4 Å². The minimum Gasteiger partial charge on any atom is -0.480 e. The molecule has 11 heteroatoms. The van der Waals surface area contributed by atoms with Gasteiger partial charge in [0.05, 0.1) is 5.71 Å². The van der Waals surface area contributed by atoms with Crippen LogP contribution in [0.2, 0.25) is 0 Å². The standard InChI is InChI=1S/C33H48N4O7/c1-6-33(43)16-13-24-22-8-7-20-17-21(11-14-31(20,4)23(22)12-15-32(24,33)5)37-44-18-27(39)36-28(19(2)3)29(40)35-25(30(41)42)9-10-26(34)38/h1,17,19,22-25,28,43H,7-16,18H2,2-5H3,(H2,34,38)(H,35,40)(H,36,39)(H,41,42)/b37-21-/t22-,23+,24-,25+,28+,31+,32+,33-/m1/s1. The summed E-state index contributed by atoms with van der Waals surface area (Å²) in [6.45, 7) is 7.61. The molecular formula is C33H48N4O7. The maximum Gasteiger partial charge on any atom is 0.326 e. The van der Waals surface area contributed by atoms with E-state index in [1.54, 1.807) is 13.8 Å². The van der Waals surface area contributed by atoms with Gasteiger partial charge in [-0.1, -0.05) is 44.3 Å². The number of oxime groups is 1. The molecule has 0 heterocycles. The van der Waals surface area contributed by atoms with E-state index in [-0.39, 0.29) is 29.6 Å². The molecule has 3 fully saturated rings. The predicted octanol–water partition coefficient (Wildman–Crippen LogP) is 2.66. The summed E-state index contributed by atoms with van der Waals surface area (Å²) in [6, 6.07) is -2.31. The van der Waals surface area contributed by atoms with Gasteiger partial charge in [-0.3, -0.25) is 14.4 Å². The summed E-state index contributed by atoms with van der Waals surface area (Å²) in [5.41, 5.74) is 6.07. The molecule has 4 rings (SSSR count). The Morgan fingerprint density at radius 3 is 2.45 bits per heavy atom. The van der Waals surface area contributed by atoms with Gasteiger partial charge in [0.25, 0.3) is 5.91 Å². The summed E-state index contributed by atoms with van der Waals surface area (Å²) in [5, 5.41) is 29.9. The Kier molecular flexibility index (Phi) is 9.84. The second-order valence-electron chi connectivity index (χ2n) is 14.1. The zero-order valence-electron chi connectivity index (χ0n) is 26.4. The number of hydrogen-bond acceptors (Lipinski definition) is 7. The zero-order valence-corrected chi connectivity index (χ0v) is 26.4. The molecule has 3 saturated carbocycles. The number of carboxylic acids is 1. The van der Waals surface area contributed by atoms with Crippen molar-refractivity contribution in [3.8, 4) is 12.3 Å². The zero-order chi connectivity index (χ0) is 32.4. The maximum absolute atomic E-state index is 12.8. The fourth-order valence-electron chi connectivity index (χ4n) is 8.63. The van der Waals surface area contributed by atoms with Gasteiger partial charge in [0, 0.05) is 11.8 Å². The van der Waals surface area contributed by atoms with Gasteiger partial charge in [0.2, 0.25) is 11.8 Å². The first-order valence-corrected chi connectivity index (χ1v) is 15.9. The molecule has 242 valence electrons. The number of primary amides is 1. The Labute approximate surface area is 259 Å². The quantitative estimate of drug-likeness (QED) is 0.176. The van der Waals surface area contributed by atoms with Crippen molar-refractivity contribution in [2.75, 3.05) is 6.61 Å². The monoisotopic (exact) mass is 612 g/mol. The Bertz CT molecular complexity index is 1270. The van der Waals surface area contributed by atoms with Gasteiger partial charge < -0.3 is 31.4 Å². The van der Waals surface area contributed by atoms with Crippen molar-refractivity contribution in [2.45, 2.75) is 110 Å². The second-order valence-corrected chi connectivity index (χ2v) is 14.1. The van der Waals surface area contributed by atoms with Crippen molar-refractivity contribution in [3.05, 3.63) is 11.6 Å². The number of aliphatic hydroxyl groups is 1. The smallest absolute Gasteiger partial charge is 0.326 e. The van der Waals surface area contributed by atoms with Gasteiger partial charge in [-0.15, -0.1) is 6.42 Å². The van der Waals surface area contributed by atoms with Crippen LogP contribution in [0.3, 0.4) is 0 Å². The molecule has 44 heavy (non-hydrogen) atoms. The first kappa shape index (κ1) is 33.5. The molecule has 0 bridgehead atoms. The average molecular weight is 613 g/mol. The van der Waals surface area contributed by atoms with Gasteiger partial charge in [0.15, 0.2) is 6.61 Å². The lowest BCUT2D eigenvalue weighted by molar-refractivity contribution is -0.143. The highest BCUT2D eigenvalue weighted by atomic mass is 16.6. The number of aliphatic carboxylic acids is 1. The molecular weight excluding hydrogens is 564 g/mol. The van der Waals surface area contributed by atoms with Crippen LogP contribution in [-0.4, -0.2) is 63.9 Å². The molecule has 11 nitrogen and oxygen atoms in total. The van der Waals surface area contributed by atoms with Gasteiger partial charge in [-0.2, -0.15) is 0 Å². The van der Waals surface area contributed by atoms with Crippen molar-refractivity contribution < 1.29 is 34.2 Å². The molecule has 4 aliphatic carbocycles. The van der Waals surface area contributed by atoms with Crippen molar-refractivity contribution in [2.24, 2.45) is 45.4 Å². The van der Waals surface area contributed by atoms with Crippen molar-refractivity contribution in [1.82, 2.24) is 10.6 Å². The molecule has 3 amide bonds. The molecule has 0 aromatic heterocycles. The Morgan fingerprint density at radius 2 is 1.82 bits per heavy atom. The minimum atomic E-state index is -1.31. The topological polar surface area (TPSA) is 180 Å². The van der Waals surface area contributed by atoms with Crippen LogP contribution in [0, 0.1) is 46.8 Å². The lowest BCUT2D eigenvalue weighted by Gasteiger charge is -2.58. The number of allylic oxidation sites excluding steroid dienone is 2. The maximum atomic E-state index is 12.8. The third kappa shape index (κ3) is 6.37. The number of carbonyl (C=O) groups is 4. The highest BCUT2D eigenvalue weighted by Crippen LogP contribution is 2.67. The fraction of sp³-hybridized carbons (Fsp3) is 0.727. The SMILES string of the molecule is C#C[C@@]1(O)CC[C@@H]2[C@@H]3CCC4=C/C(=N\OCC(=O)N[C@H](C(=O)N[C@@H](CCC(N)=O)C(=O)O)C(C)C)CC[C@]4(C)[C@H]3CC[C@@]21C. The number of carbonyl (C=O) groups excluding carboxylic acids is 3. The fourth-order valence-corrected chi connectivity index (χ4v) is 8.63. The number of amides is 3. The van der Waals surface area contributed by atoms with Crippen molar-refractivity contribution >= 4 is 29.4 Å². The number of nitrogens with zero attached hydrogens (tertiary/aromatic N) is 1. The van der Waals surface area contributed by atoms with Crippen LogP contribution in [0.4, 0.5) is 0 Å². The predicted molar refractivity (Wildman–Crippen MR) is 164 cm³/mol. The Morgan fingerprint density at radius 1 is 1.11 bits per heavy atom. The first-order valence-electron chi connectivity index (χ1n) is 15.9. The van der Waals surface area contributed by atoms with E-state index in [2.05, 4.69) is 41.6 Å². The molecule has 0 unspecified atom stereocenters. The van der Waals surface area contributed by atoms with E-state index in [1.807, 2.05) is 0 Å². The molecule has 0 saturated heterocycles. The molecule has 0 spiro atoms. The molecule has 0 aromatic rings. The number of nitrogens with two attached hydrogens (primary N) is 1. The van der Waals surface area contributed by atoms with Crippen molar-refractivity contribution in [3.63, 3.8) is 0 Å². The molecule has 4 aliphatic rings. The van der Waals surface area contributed by atoms with Crippen LogP contribution in [-0.2, 0) is 24.0 Å². The number of nitrogens with one attached hydrogen (secondary N) is 2. The lowest BCUT2D eigenvalue weighted by atomic mass is 9.46. The molecule has 0 aromatic carbocycles. The van der Waals surface area contributed by atoms with Crippen LogP contribution >= 0.6 is 0 Å². The number of hydrogen-bond donors (Lipinski definition) is 5. The van der Waals surface area contributed by atoms with Gasteiger partial charge in [0.1, 0.15) is 17.7 Å². The highest BCUT2D eigenvalue weighted by molar-refractivity contribution is 5.96. The largest absolute Gasteiger partial charge is 0.480 e. The van der Waals surface area contributed by atoms with Gasteiger partial charge in [-0.05, 0) is 93.0 Å². The molecule has 0 radical (unpaired) electrons. The summed E-state index contributed by atoms with van der Waals surface area (Å²) < 4.78 is 0. The molecule has 6 N–H and O–H groups in total. The van der Waals surface area contributed by atoms with Crippen LogP contribution in [0.15, 0.2) is 16.8 Å². The van der Waals surface area contributed by atoms with Crippen molar-refractivity contribution in [1.29, 1.82) is 0 Å². The minimum absolute atomic E-state index is 0.0561. The second kappa shape index (κ2) is 12.9. The number of fused-ring (bicyclic) bond motifs is 5. The highest BCUT2D eigenvalue weighted by Gasteiger charge is 2.63. The molecule has 0 aliphatic heterocycles. The van der Waals surface area contributed by atoms with Gasteiger partial charge in [-0.25, -0.2) is 4.79 Å². The first-order chi connectivity index (χ1) is 20.6. The van der Waals surface area contributed by atoms with E-state index in [1.165, 1.54) is 5.57 Å². The summed E-state index contributed by atoms with van der Waals surface area (Å²) in [6.07, 6.45) is 14.9. The number of carboxylic acid groups (broad SMARTS) is 1. The van der Waals surface area contributed by atoms with E-state index < -0.39 is 48.0 Å². The lowest BCUT2D eigenvalue weighted by Crippen LogP contribution is -2.54. The normalized spacial score (nSPS) is 34.8. The number of terminal acetylenes is 1. The van der Waals surface area contributed by atoms with E-state index in [9.17, 15) is 29.4 Å². The van der Waals surface area contributed by atoms with E-state index in [0.717, 1.165) is 50.7 Å². The van der Waals surface area contributed by atoms with E-state index >= 15 is 0 Å². The third-order valence-corrected chi connectivity index (χ3v) is 11.3. The van der Waals surface area contributed by atoms with E-state index in [0.29, 0.717) is 24.2 Å². The third-order valence-electron chi connectivity index (χ3n) is 11.3. The van der Waals surface area contributed by atoms with Gasteiger partial charge >= 0.3 is 5.97 Å². The number of rotatable bonds is 11. The summed E-state index contributed by atoms with van der Waals surface area (Å²) in [7, 11) is 0.